The van der Waals surface area contributed by atoms with E-state index in [-0.39, 0.29) is 11.8 Å². The maximum Gasteiger partial charge on any atom is 0.340 e. The van der Waals surface area contributed by atoms with Crippen molar-refractivity contribution in [3.63, 3.8) is 0 Å². The quantitative estimate of drug-likeness (QED) is 0.629. The lowest BCUT2D eigenvalue weighted by atomic mass is 10.1. The van der Waals surface area contributed by atoms with E-state index in [1.807, 2.05) is 0 Å². The Balaban J connectivity index is 1.66. The molecule has 2 aliphatic rings. The van der Waals surface area contributed by atoms with Crippen LogP contribution in [0, 0.1) is 0 Å². The molecule has 0 bridgehead atoms. The topological polar surface area (TPSA) is 108 Å². The van der Waals surface area contributed by atoms with Gasteiger partial charge in [-0.15, -0.1) is 11.3 Å². The van der Waals surface area contributed by atoms with Crippen LogP contribution in [0.3, 0.4) is 0 Å². The van der Waals surface area contributed by atoms with Gasteiger partial charge in [-0.25, -0.2) is 4.79 Å². The number of carbonyl (C=O) groups excluding carboxylic acids is 3. The Kier molecular flexibility index (Phi) is 4.83. The molecule has 1 aromatic heterocycles. The van der Waals surface area contributed by atoms with Crippen molar-refractivity contribution in [2.75, 3.05) is 25.1 Å². The Morgan fingerprint density at radius 1 is 1.50 bits per heavy atom. The first-order valence-electron chi connectivity index (χ1n) is 7.70. The van der Waals surface area contributed by atoms with Gasteiger partial charge in [0.1, 0.15) is 11.0 Å². The van der Waals surface area contributed by atoms with Gasteiger partial charge < -0.3 is 25.4 Å². The van der Waals surface area contributed by atoms with Crippen LogP contribution in [0.1, 0.15) is 23.2 Å². The van der Waals surface area contributed by atoms with Crippen molar-refractivity contribution in [1.29, 1.82) is 0 Å². The van der Waals surface area contributed by atoms with E-state index in [9.17, 15) is 19.5 Å². The second kappa shape index (κ2) is 6.88. The molecule has 0 saturated carbocycles. The van der Waals surface area contributed by atoms with Crippen LogP contribution < -0.4 is 15.5 Å². The highest BCUT2D eigenvalue weighted by Gasteiger charge is 2.38. The van der Waals surface area contributed by atoms with E-state index in [0.717, 1.165) is 0 Å². The van der Waals surface area contributed by atoms with Crippen molar-refractivity contribution in [1.82, 2.24) is 10.6 Å². The fourth-order valence-corrected chi connectivity index (χ4v) is 3.90. The number of methoxy groups -OCH3 is 1. The molecule has 130 valence electrons. The second-order valence-electron chi connectivity index (χ2n) is 5.82. The first-order chi connectivity index (χ1) is 11.5. The predicted molar refractivity (Wildman–Crippen MR) is 87.0 cm³/mol. The van der Waals surface area contributed by atoms with Gasteiger partial charge >= 0.3 is 5.97 Å². The standard InChI is InChI=1S/C15H19N3O5S/c1-23-15(22)9-3-5-24-14(9)18-4-2-10(13(18)21)17-12(20)11-6-8(19)7-16-11/h3,5,8,10-11,16,19H,2,4,6-7H2,1H3,(H,17,20). The van der Waals surface area contributed by atoms with E-state index in [4.69, 9.17) is 4.74 Å². The summed E-state index contributed by atoms with van der Waals surface area (Å²) in [6.45, 7) is 0.801. The summed E-state index contributed by atoms with van der Waals surface area (Å²) >= 11 is 1.29. The van der Waals surface area contributed by atoms with Crippen molar-refractivity contribution in [2.45, 2.75) is 31.0 Å². The molecule has 2 fully saturated rings. The van der Waals surface area contributed by atoms with Crippen LogP contribution in [-0.4, -0.2) is 61.3 Å². The number of anilines is 1. The van der Waals surface area contributed by atoms with Crippen molar-refractivity contribution in [2.24, 2.45) is 0 Å². The van der Waals surface area contributed by atoms with Crippen molar-refractivity contribution in [3.8, 4) is 0 Å². The number of carbonyl (C=O) groups is 3. The van der Waals surface area contributed by atoms with E-state index in [2.05, 4.69) is 10.6 Å². The number of β-amino-alcohol motifs (C(OH)–C–C–N with tert-alkyl or cyclic N) is 1. The van der Waals surface area contributed by atoms with E-state index < -0.39 is 24.2 Å². The Hall–Kier alpha value is -1.97. The number of hydrogen-bond acceptors (Lipinski definition) is 7. The molecule has 3 atom stereocenters. The van der Waals surface area contributed by atoms with Crippen molar-refractivity contribution in [3.05, 3.63) is 17.0 Å². The number of nitrogens with one attached hydrogen (secondary N) is 2. The molecule has 2 aliphatic heterocycles. The number of esters is 1. The van der Waals surface area contributed by atoms with E-state index >= 15 is 0 Å². The number of hydrogen-bond donors (Lipinski definition) is 3. The van der Waals surface area contributed by atoms with Crippen molar-refractivity contribution < 1.29 is 24.2 Å². The average molecular weight is 353 g/mol. The van der Waals surface area contributed by atoms with Crippen LogP contribution in [0.5, 0.6) is 0 Å². The smallest absolute Gasteiger partial charge is 0.340 e. The van der Waals surface area contributed by atoms with Gasteiger partial charge in [0.05, 0.1) is 24.8 Å². The van der Waals surface area contributed by atoms with E-state index in [1.54, 1.807) is 11.4 Å². The lowest BCUT2D eigenvalue weighted by molar-refractivity contribution is -0.127. The second-order valence-corrected chi connectivity index (χ2v) is 6.72. The van der Waals surface area contributed by atoms with Crippen molar-refractivity contribution >= 4 is 34.1 Å². The predicted octanol–water partition coefficient (Wildman–Crippen LogP) is -0.521. The summed E-state index contributed by atoms with van der Waals surface area (Å²) in [4.78, 5) is 38.0. The Morgan fingerprint density at radius 2 is 2.29 bits per heavy atom. The molecule has 3 heterocycles. The summed E-state index contributed by atoms with van der Waals surface area (Å²) in [5.41, 5.74) is 0.350. The SMILES string of the molecule is COC(=O)c1ccsc1N1CCC(NC(=O)C2CC(O)CN2)C1=O. The highest BCUT2D eigenvalue weighted by atomic mass is 32.1. The Bertz CT molecular complexity index is 661. The van der Waals surface area contributed by atoms with Gasteiger partial charge in [-0.2, -0.15) is 0 Å². The van der Waals surface area contributed by atoms with Crippen LogP contribution in [0.4, 0.5) is 5.00 Å². The molecule has 24 heavy (non-hydrogen) atoms. The van der Waals surface area contributed by atoms with Gasteiger partial charge in [0.15, 0.2) is 0 Å². The monoisotopic (exact) mass is 353 g/mol. The summed E-state index contributed by atoms with van der Waals surface area (Å²) in [5, 5.41) is 17.4. The van der Waals surface area contributed by atoms with Crippen LogP contribution in [-0.2, 0) is 14.3 Å². The number of thiophene rings is 1. The van der Waals surface area contributed by atoms with E-state index in [0.29, 0.717) is 36.5 Å². The molecule has 2 saturated heterocycles. The first-order valence-corrected chi connectivity index (χ1v) is 8.58. The molecule has 0 aromatic carbocycles. The fourth-order valence-electron chi connectivity index (χ4n) is 2.98. The summed E-state index contributed by atoms with van der Waals surface area (Å²) in [5.74, 6) is -1.02. The zero-order valence-electron chi connectivity index (χ0n) is 13.2. The number of nitrogens with zero attached hydrogens (tertiary/aromatic N) is 1. The highest BCUT2D eigenvalue weighted by Crippen LogP contribution is 2.31. The Morgan fingerprint density at radius 3 is 2.96 bits per heavy atom. The molecule has 1 aromatic rings. The summed E-state index contributed by atoms with van der Waals surface area (Å²) < 4.78 is 4.73. The van der Waals surface area contributed by atoms with Gasteiger partial charge in [0, 0.05) is 13.1 Å². The van der Waals surface area contributed by atoms with Crippen LogP contribution in [0.15, 0.2) is 11.4 Å². The molecule has 2 amide bonds. The minimum Gasteiger partial charge on any atom is -0.465 e. The van der Waals surface area contributed by atoms with Crippen LogP contribution in [0.25, 0.3) is 0 Å². The molecule has 3 rings (SSSR count). The number of amides is 2. The van der Waals surface area contributed by atoms with Gasteiger partial charge in [0.2, 0.25) is 11.8 Å². The zero-order chi connectivity index (χ0) is 17.3. The number of ether oxygens (including phenoxy) is 1. The maximum absolute atomic E-state index is 12.6. The van der Waals surface area contributed by atoms with Gasteiger partial charge in [-0.05, 0) is 24.3 Å². The molecule has 3 unspecified atom stereocenters. The lowest BCUT2D eigenvalue weighted by Gasteiger charge is -2.18. The molecule has 0 spiro atoms. The highest BCUT2D eigenvalue weighted by molar-refractivity contribution is 7.14. The molecular weight excluding hydrogens is 334 g/mol. The minimum atomic E-state index is -0.621. The first kappa shape index (κ1) is 16.9. The number of rotatable bonds is 4. The third-order valence-electron chi connectivity index (χ3n) is 4.24. The summed E-state index contributed by atoms with van der Waals surface area (Å²) in [7, 11) is 1.29. The molecular formula is C15H19N3O5S. The molecule has 9 heteroatoms. The molecule has 0 aliphatic carbocycles. The van der Waals surface area contributed by atoms with Crippen LogP contribution >= 0.6 is 11.3 Å². The largest absolute Gasteiger partial charge is 0.465 e. The summed E-state index contributed by atoms with van der Waals surface area (Å²) in [6, 6.07) is 0.522. The van der Waals surface area contributed by atoms with Gasteiger partial charge in [0.25, 0.3) is 0 Å². The van der Waals surface area contributed by atoms with E-state index in [1.165, 1.54) is 23.3 Å². The fraction of sp³-hybridized carbons (Fsp3) is 0.533. The lowest BCUT2D eigenvalue weighted by Crippen LogP contribution is -2.48. The summed E-state index contributed by atoms with van der Waals surface area (Å²) in [6.07, 6.45) is 0.275. The average Bonchev–Trinajstić information content (AvgIpc) is 3.28. The normalized spacial score (nSPS) is 26.7. The maximum atomic E-state index is 12.6. The van der Waals surface area contributed by atoms with Gasteiger partial charge in [-0.1, -0.05) is 0 Å². The van der Waals surface area contributed by atoms with Crippen LogP contribution in [0.2, 0.25) is 0 Å². The third kappa shape index (κ3) is 3.14. The third-order valence-corrected chi connectivity index (χ3v) is 5.18. The molecule has 0 radical (unpaired) electrons. The molecule has 3 N–H and O–H groups in total. The van der Waals surface area contributed by atoms with Gasteiger partial charge in [-0.3, -0.25) is 9.59 Å². The number of aliphatic hydroxyl groups excluding tert-OH is 1. The Labute approximate surface area is 142 Å². The number of aliphatic hydroxyl groups is 1. The molecule has 8 nitrogen and oxygen atoms in total. The minimum absolute atomic E-state index is 0.241. The zero-order valence-corrected chi connectivity index (χ0v) is 14.0.